The van der Waals surface area contributed by atoms with Gasteiger partial charge in [-0.2, -0.15) is 0 Å². The fourth-order valence-electron chi connectivity index (χ4n) is 1.99. The highest BCUT2D eigenvalue weighted by Gasteiger charge is 2.16. The van der Waals surface area contributed by atoms with E-state index >= 15 is 0 Å². The highest BCUT2D eigenvalue weighted by atomic mass is 35.5. The molecule has 1 heterocycles. The number of nitrogens with zero attached hydrogens (tertiary/aromatic N) is 2. The van der Waals surface area contributed by atoms with Gasteiger partial charge in [0.05, 0.1) is 19.3 Å². The molecule has 0 bridgehead atoms. The molecule has 19 heavy (non-hydrogen) atoms. The van der Waals surface area contributed by atoms with Crippen LogP contribution in [0.5, 0.6) is 5.75 Å². The zero-order valence-electron chi connectivity index (χ0n) is 11.4. The molecular weight excluding hydrogens is 274 g/mol. The summed E-state index contributed by atoms with van der Waals surface area (Å²) in [5.41, 5.74) is 2.56. The number of hydrogen-bond donors (Lipinski definition) is 0. The van der Waals surface area contributed by atoms with Crippen molar-refractivity contribution in [3.8, 4) is 5.75 Å². The monoisotopic (exact) mass is 292 g/mol. The first-order valence-electron chi connectivity index (χ1n) is 6.05. The van der Waals surface area contributed by atoms with Gasteiger partial charge in [0.2, 0.25) is 0 Å². The lowest BCUT2D eigenvalue weighted by molar-refractivity contribution is 0.0871. The maximum absolute atomic E-state index is 12.5. The van der Waals surface area contributed by atoms with Gasteiger partial charge in [0.25, 0.3) is 6.43 Å². The lowest BCUT2D eigenvalue weighted by Gasteiger charge is -2.22. The van der Waals surface area contributed by atoms with Crippen LogP contribution in [-0.2, 0) is 6.54 Å². The number of rotatable bonds is 7. The summed E-state index contributed by atoms with van der Waals surface area (Å²) >= 11 is 5.64. The van der Waals surface area contributed by atoms with Crippen LogP contribution in [-0.4, -0.2) is 42.4 Å². The third-order valence-electron chi connectivity index (χ3n) is 2.92. The Morgan fingerprint density at radius 1 is 1.42 bits per heavy atom. The first-order chi connectivity index (χ1) is 8.99. The lowest BCUT2D eigenvalue weighted by atomic mass is 10.1. The highest BCUT2D eigenvalue weighted by Crippen LogP contribution is 2.24. The molecule has 1 aromatic rings. The number of hydrogen-bond acceptors (Lipinski definition) is 3. The van der Waals surface area contributed by atoms with Gasteiger partial charge in [0.15, 0.2) is 0 Å². The van der Waals surface area contributed by atoms with Gasteiger partial charge in [-0.05, 0) is 13.8 Å². The number of methoxy groups -OCH3 is 1. The van der Waals surface area contributed by atoms with Crippen molar-refractivity contribution in [2.75, 3.05) is 26.1 Å². The van der Waals surface area contributed by atoms with Crippen molar-refractivity contribution in [2.24, 2.45) is 0 Å². The molecule has 0 spiro atoms. The molecule has 0 aliphatic carbocycles. The van der Waals surface area contributed by atoms with E-state index in [0.717, 1.165) is 22.6 Å². The molecule has 1 rings (SSSR count). The number of halogens is 3. The van der Waals surface area contributed by atoms with E-state index in [-0.39, 0.29) is 6.54 Å². The first-order valence-corrected chi connectivity index (χ1v) is 6.58. The van der Waals surface area contributed by atoms with Gasteiger partial charge in [-0.25, -0.2) is 8.78 Å². The number of pyridine rings is 1. The summed E-state index contributed by atoms with van der Waals surface area (Å²) in [7, 11) is 1.59. The third-order valence-corrected chi connectivity index (χ3v) is 3.09. The summed E-state index contributed by atoms with van der Waals surface area (Å²) in [6, 6.07) is 0. The van der Waals surface area contributed by atoms with Gasteiger partial charge < -0.3 is 4.74 Å². The molecule has 3 nitrogen and oxygen atoms in total. The van der Waals surface area contributed by atoms with Crippen LogP contribution in [0.2, 0.25) is 0 Å². The summed E-state index contributed by atoms with van der Waals surface area (Å²) in [6.45, 7) is 4.24. The molecule has 0 atom stereocenters. The van der Waals surface area contributed by atoms with Crippen LogP contribution < -0.4 is 4.74 Å². The molecule has 0 amide bonds. The van der Waals surface area contributed by atoms with Crippen molar-refractivity contribution in [2.45, 2.75) is 26.8 Å². The summed E-state index contributed by atoms with van der Waals surface area (Å²) in [6.07, 6.45) is -0.682. The highest BCUT2D eigenvalue weighted by molar-refractivity contribution is 6.18. The van der Waals surface area contributed by atoms with E-state index in [1.54, 1.807) is 18.2 Å². The zero-order chi connectivity index (χ0) is 14.4. The van der Waals surface area contributed by atoms with E-state index in [4.69, 9.17) is 16.3 Å². The normalized spacial score (nSPS) is 11.4. The van der Waals surface area contributed by atoms with Crippen molar-refractivity contribution >= 4 is 11.6 Å². The number of ether oxygens (including phenoxy) is 1. The second-order valence-electron chi connectivity index (χ2n) is 4.36. The Bertz CT molecular complexity index is 416. The van der Waals surface area contributed by atoms with E-state index in [2.05, 4.69) is 4.98 Å². The lowest BCUT2D eigenvalue weighted by Crippen LogP contribution is -2.31. The number of alkyl halides is 3. The SMILES string of the molecule is COc1c(C)cnc(CN(CCCl)CC(F)F)c1C. The van der Waals surface area contributed by atoms with Gasteiger partial charge in [-0.15, -0.1) is 11.6 Å². The molecule has 0 saturated carbocycles. The van der Waals surface area contributed by atoms with Crippen LogP contribution in [0, 0.1) is 13.8 Å². The van der Waals surface area contributed by atoms with E-state index in [1.807, 2.05) is 13.8 Å². The average molecular weight is 293 g/mol. The zero-order valence-corrected chi connectivity index (χ0v) is 12.2. The van der Waals surface area contributed by atoms with Gasteiger partial charge in [0, 0.05) is 36.3 Å². The van der Waals surface area contributed by atoms with Crippen LogP contribution in [0.4, 0.5) is 8.78 Å². The van der Waals surface area contributed by atoms with Crippen LogP contribution in [0.1, 0.15) is 16.8 Å². The molecule has 0 fully saturated rings. The quantitative estimate of drug-likeness (QED) is 0.722. The molecule has 0 aromatic carbocycles. The van der Waals surface area contributed by atoms with Crippen LogP contribution in [0.25, 0.3) is 0 Å². The standard InChI is InChI=1S/C13H19ClF2N2O/c1-9-6-17-11(10(2)13(9)19-3)7-18(5-4-14)8-12(15)16/h6,12H,4-5,7-8H2,1-3H3. The van der Waals surface area contributed by atoms with Crippen molar-refractivity contribution < 1.29 is 13.5 Å². The largest absolute Gasteiger partial charge is 0.496 e. The summed E-state index contributed by atoms with van der Waals surface area (Å²) in [5.74, 6) is 1.07. The summed E-state index contributed by atoms with van der Waals surface area (Å²) < 4.78 is 30.3. The average Bonchev–Trinajstić information content (AvgIpc) is 2.33. The Hall–Kier alpha value is -0.940. The van der Waals surface area contributed by atoms with Gasteiger partial charge in [0.1, 0.15) is 5.75 Å². The minimum atomic E-state index is -2.38. The molecule has 1 aromatic heterocycles. The fourth-order valence-corrected chi connectivity index (χ4v) is 2.23. The maximum atomic E-state index is 12.5. The van der Waals surface area contributed by atoms with E-state index in [0.29, 0.717) is 19.0 Å². The predicted octanol–water partition coefficient (Wildman–Crippen LogP) is 3.01. The Labute approximate surface area is 117 Å². The minimum Gasteiger partial charge on any atom is -0.496 e. The van der Waals surface area contributed by atoms with Crippen molar-refractivity contribution in [3.05, 3.63) is 23.0 Å². The Morgan fingerprint density at radius 2 is 2.11 bits per heavy atom. The molecule has 6 heteroatoms. The van der Waals surface area contributed by atoms with Crippen molar-refractivity contribution in [1.82, 2.24) is 9.88 Å². The van der Waals surface area contributed by atoms with E-state index in [9.17, 15) is 8.78 Å². The van der Waals surface area contributed by atoms with Crippen molar-refractivity contribution in [3.63, 3.8) is 0 Å². The molecule has 0 unspecified atom stereocenters. The van der Waals surface area contributed by atoms with Gasteiger partial charge >= 0.3 is 0 Å². The molecule has 0 radical (unpaired) electrons. The topological polar surface area (TPSA) is 25.4 Å². The molecule has 108 valence electrons. The molecule has 0 N–H and O–H groups in total. The number of aryl methyl sites for hydroxylation is 1. The van der Waals surface area contributed by atoms with E-state index < -0.39 is 6.43 Å². The molecule has 0 aliphatic heterocycles. The molecule has 0 aliphatic rings. The molecule has 0 saturated heterocycles. The van der Waals surface area contributed by atoms with Gasteiger partial charge in [-0.3, -0.25) is 9.88 Å². The van der Waals surface area contributed by atoms with Crippen LogP contribution in [0.3, 0.4) is 0 Å². The smallest absolute Gasteiger partial charge is 0.251 e. The third kappa shape index (κ3) is 4.58. The van der Waals surface area contributed by atoms with Crippen LogP contribution >= 0.6 is 11.6 Å². The van der Waals surface area contributed by atoms with Crippen molar-refractivity contribution in [1.29, 1.82) is 0 Å². The summed E-state index contributed by atoms with van der Waals surface area (Å²) in [5, 5.41) is 0. The predicted molar refractivity (Wildman–Crippen MR) is 72.3 cm³/mol. The Balaban J connectivity index is 2.90. The first kappa shape index (κ1) is 16.1. The molecular formula is C13H19ClF2N2O. The Morgan fingerprint density at radius 3 is 2.63 bits per heavy atom. The number of aromatic nitrogens is 1. The second-order valence-corrected chi connectivity index (χ2v) is 4.74. The van der Waals surface area contributed by atoms with E-state index in [1.165, 1.54) is 0 Å². The minimum absolute atomic E-state index is 0.302. The second kappa shape index (κ2) is 7.60. The van der Waals surface area contributed by atoms with Gasteiger partial charge in [-0.1, -0.05) is 0 Å². The summed E-state index contributed by atoms with van der Waals surface area (Å²) in [4.78, 5) is 5.91. The Kier molecular flexibility index (Phi) is 6.45. The fraction of sp³-hybridized carbons (Fsp3) is 0.615. The van der Waals surface area contributed by atoms with Crippen LogP contribution in [0.15, 0.2) is 6.20 Å². The maximum Gasteiger partial charge on any atom is 0.251 e.